The summed E-state index contributed by atoms with van der Waals surface area (Å²) in [6.07, 6.45) is 4.91. The molecule has 0 saturated heterocycles. The van der Waals surface area contributed by atoms with Crippen LogP contribution in [0.15, 0.2) is 30.6 Å². The molecular formula is C7H11N3O. The van der Waals surface area contributed by atoms with Crippen LogP contribution in [0.4, 0.5) is 0 Å². The highest BCUT2D eigenvalue weighted by atomic mass is 16.3. The maximum atomic E-state index is 9.28. The lowest BCUT2D eigenvalue weighted by molar-refractivity contribution is 0.431. The smallest absolute Gasteiger partial charge is 0.138 e. The molecule has 4 nitrogen and oxygen atoms in total. The lowest BCUT2D eigenvalue weighted by Crippen LogP contribution is -1.91. The highest BCUT2D eigenvalue weighted by Crippen LogP contribution is 2.11. The van der Waals surface area contributed by atoms with Crippen LogP contribution >= 0.6 is 0 Å². The molecule has 0 aliphatic heterocycles. The average Bonchev–Trinajstić information content (AvgIpc) is 2.81. The van der Waals surface area contributed by atoms with E-state index in [-0.39, 0.29) is 5.76 Å². The molecule has 60 valence electrons. The van der Waals surface area contributed by atoms with Gasteiger partial charge in [-0.05, 0) is 19.1 Å². The van der Waals surface area contributed by atoms with Gasteiger partial charge < -0.3 is 5.11 Å². The molecule has 11 heavy (non-hydrogen) atoms. The maximum absolute atomic E-state index is 9.28. The summed E-state index contributed by atoms with van der Waals surface area (Å²) in [6, 6.07) is 0. The quantitative estimate of drug-likeness (QED) is 0.448. The van der Waals surface area contributed by atoms with E-state index in [0.717, 1.165) is 0 Å². The molecule has 0 aromatic carbocycles. The predicted molar refractivity (Wildman–Crippen MR) is 44.0 cm³/mol. The van der Waals surface area contributed by atoms with Gasteiger partial charge in [-0.15, -0.1) is 0 Å². The van der Waals surface area contributed by atoms with Gasteiger partial charge >= 0.3 is 0 Å². The van der Waals surface area contributed by atoms with Crippen molar-refractivity contribution in [3.05, 3.63) is 30.6 Å². The van der Waals surface area contributed by atoms with Crippen LogP contribution < -0.4 is 0 Å². The highest BCUT2D eigenvalue weighted by Gasteiger charge is 2.06. The van der Waals surface area contributed by atoms with Crippen LogP contribution in [0.3, 0.4) is 0 Å². The largest absolute Gasteiger partial charge is 0.506 e. The van der Waals surface area contributed by atoms with Crippen molar-refractivity contribution in [3.63, 3.8) is 0 Å². The normalized spacial score (nSPS) is 13.9. The molecule has 0 radical (unpaired) electrons. The first-order valence-corrected chi connectivity index (χ1v) is 3.29. The third kappa shape index (κ3) is 1.67. The molecule has 3 N–H and O–H groups in total. The van der Waals surface area contributed by atoms with Gasteiger partial charge in [-0.25, -0.2) is 10.4 Å². The van der Waals surface area contributed by atoms with E-state index < -0.39 is 0 Å². The van der Waals surface area contributed by atoms with Gasteiger partial charge in [0, 0.05) is 0 Å². The first-order chi connectivity index (χ1) is 5.29. The number of hydrogen-bond acceptors (Lipinski definition) is 1. The minimum absolute atomic E-state index is 0.211. The molecule has 1 heterocycles. The van der Waals surface area contributed by atoms with Crippen molar-refractivity contribution >= 4 is 5.70 Å². The average molecular weight is 153 g/mol. The Labute approximate surface area is 64.5 Å². The monoisotopic (exact) mass is 153 g/mol. The van der Waals surface area contributed by atoms with E-state index >= 15 is 0 Å². The maximum Gasteiger partial charge on any atom is 0.138 e. The molecule has 0 fully saturated rings. The second-order valence-electron chi connectivity index (χ2n) is 2.02. The fourth-order valence-corrected chi connectivity index (χ4v) is 0.679. The van der Waals surface area contributed by atoms with Gasteiger partial charge in [0.15, 0.2) is 0 Å². The van der Waals surface area contributed by atoms with Gasteiger partial charge in [0.25, 0.3) is 0 Å². The van der Waals surface area contributed by atoms with Crippen LogP contribution in [0, 0.1) is 0 Å². The molecule has 1 aromatic heterocycles. The summed E-state index contributed by atoms with van der Waals surface area (Å²) in [5.74, 6) is 0.211. The number of allylic oxidation sites excluding steroid dienone is 4. The summed E-state index contributed by atoms with van der Waals surface area (Å²) in [4.78, 5) is 1.58. The molecule has 0 unspecified atom stereocenters. The van der Waals surface area contributed by atoms with Crippen molar-refractivity contribution in [2.24, 2.45) is 0 Å². The van der Waals surface area contributed by atoms with Crippen molar-refractivity contribution in [2.45, 2.75) is 6.92 Å². The van der Waals surface area contributed by atoms with E-state index in [4.69, 9.17) is 0 Å². The summed E-state index contributed by atoms with van der Waals surface area (Å²) in [5, 5.41) is 14.7. The molecule has 1 rings (SSSR count). The minimum atomic E-state index is 0.211. The van der Waals surface area contributed by atoms with Crippen LogP contribution in [0.2, 0.25) is 0 Å². The summed E-state index contributed by atoms with van der Waals surface area (Å²) >= 11 is 0. The number of aliphatic hydroxyl groups excluding tert-OH is 1. The van der Waals surface area contributed by atoms with E-state index in [2.05, 4.69) is 17.0 Å². The summed E-state index contributed by atoms with van der Waals surface area (Å²) < 4.78 is 0. The van der Waals surface area contributed by atoms with Gasteiger partial charge in [-0.2, -0.15) is 4.80 Å². The van der Waals surface area contributed by atoms with Crippen molar-refractivity contribution in [1.82, 2.24) is 15.2 Å². The summed E-state index contributed by atoms with van der Waals surface area (Å²) in [7, 11) is 0. The molecule has 0 bridgehead atoms. The number of aliphatic hydroxyl groups is 1. The highest BCUT2D eigenvalue weighted by molar-refractivity contribution is 5.60. The van der Waals surface area contributed by atoms with Crippen molar-refractivity contribution in [1.29, 1.82) is 0 Å². The van der Waals surface area contributed by atoms with Gasteiger partial charge in [-0.1, -0.05) is 12.7 Å². The molecule has 0 spiro atoms. The third-order valence-corrected chi connectivity index (χ3v) is 1.28. The zero-order chi connectivity index (χ0) is 8.27. The van der Waals surface area contributed by atoms with E-state index in [1.165, 1.54) is 0 Å². The van der Waals surface area contributed by atoms with E-state index in [1.807, 2.05) is 0 Å². The Morgan fingerprint density at radius 2 is 2.18 bits per heavy atom. The number of nitrogens with one attached hydrogen (secondary N) is 2. The Kier molecular flexibility index (Phi) is 2.06. The molecule has 1 aromatic rings. The first kappa shape index (κ1) is 7.53. The zero-order valence-corrected chi connectivity index (χ0v) is 6.33. The number of hydrogen-bond donors (Lipinski definition) is 3. The van der Waals surface area contributed by atoms with Crippen LogP contribution in [-0.2, 0) is 0 Å². The molecular weight excluding hydrogens is 142 g/mol. The van der Waals surface area contributed by atoms with Crippen molar-refractivity contribution in [2.75, 3.05) is 0 Å². The predicted octanol–water partition coefficient (Wildman–Crippen LogP) is 1.63. The standard InChI is InChI=1S/C7H11N3O/c1-3-5-6(7(11)4-2)10-8-9-10/h3-5,8-9,11H,1H2,2H3/b6-5+,7-4+. The Bertz CT molecular complexity index is 276. The van der Waals surface area contributed by atoms with Crippen LogP contribution in [-0.4, -0.2) is 20.3 Å². The van der Waals surface area contributed by atoms with E-state index in [9.17, 15) is 5.11 Å². The number of aromatic amines is 2. The lowest BCUT2D eigenvalue weighted by Gasteiger charge is -1.97. The Balaban J connectivity index is 2.87. The molecule has 0 aliphatic rings. The molecule has 0 aliphatic carbocycles. The van der Waals surface area contributed by atoms with Gasteiger partial charge in [0.1, 0.15) is 11.5 Å². The minimum Gasteiger partial charge on any atom is -0.506 e. The Morgan fingerprint density at radius 1 is 1.55 bits per heavy atom. The molecule has 4 heteroatoms. The fourth-order valence-electron chi connectivity index (χ4n) is 0.679. The molecule has 0 saturated carbocycles. The van der Waals surface area contributed by atoms with E-state index in [0.29, 0.717) is 5.70 Å². The van der Waals surface area contributed by atoms with Gasteiger partial charge in [-0.3, -0.25) is 0 Å². The van der Waals surface area contributed by atoms with E-state index in [1.54, 1.807) is 29.9 Å². The van der Waals surface area contributed by atoms with Crippen LogP contribution in [0.1, 0.15) is 6.92 Å². The number of nitrogens with zero attached hydrogens (tertiary/aromatic N) is 1. The Hall–Kier alpha value is -1.58. The second kappa shape index (κ2) is 3.01. The first-order valence-electron chi connectivity index (χ1n) is 3.29. The van der Waals surface area contributed by atoms with Crippen LogP contribution in [0.25, 0.3) is 5.70 Å². The zero-order valence-electron chi connectivity index (χ0n) is 6.33. The summed E-state index contributed by atoms with van der Waals surface area (Å²) in [6.45, 7) is 5.29. The molecule has 0 atom stereocenters. The third-order valence-electron chi connectivity index (χ3n) is 1.28. The summed E-state index contributed by atoms with van der Waals surface area (Å²) in [5.41, 5.74) is 0.655. The van der Waals surface area contributed by atoms with Crippen LogP contribution in [0.5, 0.6) is 0 Å². The second-order valence-corrected chi connectivity index (χ2v) is 2.02. The molecule has 0 amide bonds. The van der Waals surface area contributed by atoms with Gasteiger partial charge in [0.05, 0.1) is 0 Å². The number of rotatable bonds is 3. The van der Waals surface area contributed by atoms with Crippen molar-refractivity contribution < 1.29 is 5.11 Å². The Morgan fingerprint density at radius 3 is 2.55 bits per heavy atom. The number of H-pyrrole nitrogens is 2. The SMILES string of the molecule is C=C/C=C(\C(O)=C/C)n1[nH][nH]1. The fraction of sp³-hybridized carbons (Fsp3) is 0.143. The lowest BCUT2D eigenvalue weighted by atomic mass is 10.3. The van der Waals surface area contributed by atoms with Crippen molar-refractivity contribution in [3.8, 4) is 0 Å². The number of aromatic nitrogens is 3. The topological polar surface area (TPSA) is 56.7 Å². The van der Waals surface area contributed by atoms with Gasteiger partial charge in [0.2, 0.25) is 0 Å².